The van der Waals surface area contributed by atoms with E-state index in [0.29, 0.717) is 12.8 Å². The predicted molar refractivity (Wildman–Crippen MR) is 56.2 cm³/mol. The zero-order chi connectivity index (χ0) is 14.4. The molecule has 2 rings (SSSR count). The maximum Gasteiger partial charge on any atom is 0.247 e. The van der Waals surface area contributed by atoms with Crippen LogP contribution < -0.4 is 9.46 Å². The minimum absolute atomic E-state index is 0.499. The molecule has 1 aromatic rings. The predicted octanol–water partition coefficient (Wildman–Crippen LogP) is 1.69. The van der Waals surface area contributed by atoms with E-state index in [0.717, 1.165) is 7.05 Å². The second kappa shape index (κ2) is 4.64. The maximum atomic E-state index is 13.6. The lowest BCUT2D eigenvalue weighted by molar-refractivity contribution is 0.261. The number of halogens is 4. The average Bonchev–Trinajstić information content (AvgIpc) is 3.17. The Morgan fingerprint density at radius 2 is 1.58 bits per heavy atom. The van der Waals surface area contributed by atoms with Gasteiger partial charge in [0.25, 0.3) is 0 Å². The molecule has 1 aromatic carbocycles. The highest BCUT2D eigenvalue weighted by Crippen LogP contribution is 2.37. The van der Waals surface area contributed by atoms with Crippen LogP contribution in [0.15, 0.2) is 4.90 Å². The number of nitrogens with one attached hydrogen (secondary N) is 1. The van der Waals surface area contributed by atoms with E-state index < -0.39 is 50.0 Å². The van der Waals surface area contributed by atoms with Crippen LogP contribution in [0, 0.1) is 23.3 Å². The molecule has 0 amide bonds. The van der Waals surface area contributed by atoms with Gasteiger partial charge in [0.2, 0.25) is 21.7 Å². The van der Waals surface area contributed by atoms with Crippen molar-refractivity contribution in [1.82, 2.24) is 4.72 Å². The van der Waals surface area contributed by atoms with Gasteiger partial charge in [-0.05, 0) is 19.9 Å². The SMILES string of the molecule is CNS(=O)(=O)c1c(F)c(F)c(F)c(F)c1OC1CC1. The molecule has 0 radical (unpaired) electrons. The molecule has 1 aliphatic carbocycles. The second-order valence-electron chi connectivity index (χ2n) is 3.94. The normalized spacial score (nSPS) is 15.6. The molecule has 0 atom stereocenters. The Labute approximate surface area is 106 Å². The fraction of sp³-hybridized carbons (Fsp3) is 0.400. The van der Waals surface area contributed by atoms with Crippen LogP contribution in [-0.2, 0) is 10.0 Å². The van der Waals surface area contributed by atoms with Gasteiger partial charge in [0, 0.05) is 0 Å². The number of rotatable bonds is 4. The van der Waals surface area contributed by atoms with Gasteiger partial charge in [-0.1, -0.05) is 0 Å². The first-order valence-electron chi connectivity index (χ1n) is 5.25. The number of sulfonamides is 1. The summed E-state index contributed by atoms with van der Waals surface area (Å²) in [6.45, 7) is 0. The van der Waals surface area contributed by atoms with Crippen molar-refractivity contribution in [3.05, 3.63) is 23.3 Å². The molecule has 0 spiro atoms. The van der Waals surface area contributed by atoms with Crippen molar-refractivity contribution >= 4 is 10.0 Å². The average molecular weight is 299 g/mol. The van der Waals surface area contributed by atoms with E-state index in [1.54, 1.807) is 4.72 Å². The molecule has 19 heavy (non-hydrogen) atoms. The third-order valence-corrected chi connectivity index (χ3v) is 3.97. The van der Waals surface area contributed by atoms with Crippen LogP contribution in [0.2, 0.25) is 0 Å². The van der Waals surface area contributed by atoms with Gasteiger partial charge in [-0.2, -0.15) is 4.39 Å². The Morgan fingerprint density at radius 3 is 2.05 bits per heavy atom. The smallest absolute Gasteiger partial charge is 0.247 e. The van der Waals surface area contributed by atoms with Crippen molar-refractivity contribution in [3.8, 4) is 5.75 Å². The molecule has 0 bridgehead atoms. The molecule has 0 saturated heterocycles. The fourth-order valence-electron chi connectivity index (χ4n) is 1.39. The Hall–Kier alpha value is -1.35. The van der Waals surface area contributed by atoms with Crippen molar-refractivity contribution in [3.63, 3.8) is 0 Å². The van der Waals surface area contributed by atoms with Crippen LogP contribution in [0.1, 0.15) is 12.8 Å². The number of benzene rings is 1. The molecule has 0 aliphatic heterocycles. The van der Waals surface area contributed by atoms with Gasteiger partial charge in [0.15, 0.2) is 22.3 Å². The monoisotopic (exact) mass is 299 g/mol. The van der Waals surface area contributed by atoms with Crippen molar-refractivity contribution in [2.45, 2.75) is 23.8 Å². The van der Waals surface area contributed by atoms with E-state index >= 15 is 0 Å². The lowest BCUT2D eigenvalue weighted by Gasteiger charge is -2.14. The highest BCUT2D eigenvalue weighted by Gasteiger charge is 2.36. The molecule has 106 valence electrons. The number of hydrogen-bond donors (Lipinski definition) is 1. The van der Waals surface area contributed by atoms with Crippen LogP contribution in [0.25, 0.3) is 0 Å². The number of ether oxygens (including phenoxy) is 1. The third kappa shape index (κ3) is 2.39. The summed E-state index contributed by atoms with van der Waals surface area (Å²) in [4.78, 5) is -1.36. The van der Waals surface area contributed by atoms with Gasteiger partial charge in [-0.3, -0.25) is 0 Å². The van der Waals surface area contributed by atoms with Gasteiger partial charge in [-0.25, -0.2) is 26.3 Å². The van der Waals surface area contributed by atoms with Crippen molar-refractivity contribution < 1.29 is 30.7 Å². The van der Waals surface area contributed by atoms with Crippen LogP contribution >= 0.6 is 0 Å². The zero-order valence-corrected chi connectivity index (χ0v) is 10.5. The van der Waals surface area contributed by atoms with Crippen LogP contribution in [0.4, 0.5) is 17.6 Å². The zero-order valence-electron chi connectivity index (χ0n) is 9.64. The molecule has 4 nitrogen and oxygen atoms in total. The number of hydrogen-bond acceptors (Lipinski definition) is 3. The molecular weight excluding hydrogens is 290 g/mol. The summed E-state index contributed by atoms with van der Waals surface area (Å²) >= 11 is 0. The Bertz CT molecular complexity index is 628. The molecule has 9 heteroatoms. The van der Waals surface area contributed by atoms with Crippen molar-refractivity contribution in [2.24, 2.45) is 0 Å². The standard InChI is InChI=1S/C10H9F4NO3S/c1-15-19(16,17)10-8(14)6(12)5(11)7(13)9(10)18-4-2-3-4/h4,15H,2-3H2,1H3. The van der Waals surface area contributed by atoms with Gasteiger partial charge >= 0.3 is 0 Å². The summed E-state index contributed by atoms with van der Waals surface area (Å²) in [5, 5.41) is 0. The first kappa shape index (κ1) is 14.1. The maximum absolute atomic E-state index is 13.6. The minimum Gasteiger partial charge on any atom is -0.486 e. The first-order valence-corrected chi connectivity index (χ1v) is 6.74. The van der Waals surface area contributed by atoms with Crippen LogP contribution in [0.5, 0.6) is 5.75 Å². The summed E-state index contributed by atoms with van der Waals surface area (Å²) in [5.41, 5.74) is 0. The molecule has 1 fully saturated rings. The molecular formula is C10H9F4NO3S. The van der Waals surface area contributed by atoms with E-state index in [-0.39, 0.29) is 0 Å². The topological polar surface area (TPSA) is 55.4 Å². The third-order valence-electron chi connectivity index (χ3n) is 2.53. The summed E-state index contributed by atoms with van der Waals surface area (Å²) in [5.74, 6) is -9.31. The second-order valence-corrected chi connectivity index (χ2v) is 5.76. The van der Waals surface area contributed by atoms with E-state index in [2.05, 4.69) is 0 Å². The van der Waals surface area contributed by atoms with Crippen molar-refractivity contribution in [1.29, 1.82) is 0 Å². The lowest BCUT2D eigenvalue weighted by atomic mass is 10.3. The highest BCUT2D eigenvalue weighted by atomic mass is 32.2. The van der Waals surface area contributed by atoms with E-state index in [9.17, 15) is 26.0 Å². The Balaban J connectivity index is 2.74. The molecule has 0 heterocycles. The molecule has 0 aromatic heterocycles. The van der Waals surface area contributed by atoms with Crippen LogP contribution in [-0.4, -0.2) is 21.6 Å². The summed E-state index contributed by atoms with van der Waals surface area (Å²) in [7, 11) is -3.61. The van der Waals surface area contributed by atoms with E-state index in [1.807, 2.05) is 0 Å². The van der Waals surface area contributed by atoms with E-state index in [4.69, 9.17) is 4.74 Å². The molecule has 1 N–H and O–H groups in total. The van der Waals surface area contributed by atoms with Gasteiger partial charge < -0.3 is 4.74 Å². The fourth-order valence-corrected chi connectivity index (χ4v) is 2.30. The lowest BCUT2D eigenvalue weighted by Crippen LogP contribution is -2.23. The molecule has 0 unspecified atom stereocenters. The largest absolute Gasteiger partial charge is 0.486 e. The molecule has 1 saturated carbocycles. The van der Waals surface area contributed by atoms with Gasteiger partial charge in [0.05, 0.1) is 6.10 Å². The summed E-state index contributed by atoms with van der Waals surface area (Å²) in [6.07, 6.45) is 0.475. The van der Waals surface area contributed by atoms with Crippen molar-refractivity contribution in [2.75, 3.05) is 7.05 Å². The van der Waals surface area contributed by atoms with Gasteiger partial charge in [0.1, 0.15) is 0 Å². The Morgan fingerprint density at radius 1 is 1.05 bits per heavy atom. The highest BCUT2D eigenvalue weighted by molar-refractivity contribution is 7.89. The quantitative estimate of drug-likeness (QED) is 0.523. The molecule has 1 aliphatic rings. The summed E-state index contributed by atoms with van der Waals surface area (Å²) in [6, 6.07) is 0. The van der Waals surface area contributed by atoms with E-state index in [1.165, 1.54) is 0 Å². The first-order chi connectivity index (χ1) is 8.79. The minimum atomic E-state index is -4.54. The summed E-state index contributed by atoms with van der Waals surface area (Å²) < 4.78 is 83.1. The van der Waals surface area contributed by atoms with Gasteiger partial charge in [-0.15, -0.1) is 0 Å². The van der Waals surface area contributed by atoms with Crippen LogP contribution in [0.3, 0.4) is 0 Å². The Kier molecular flexibility index (Phi) is 3.43.